The van der Waals surface area contributed by atoms with Crippen LogP contribution in [0.3, 0.4) is 0 Å². The van der Waals surface area contributed by atoms with Crippen LogP contribution in [0.2, 0.25) is 0 Å². The van der Waals surface area contributed by atoms with Crippen LogP contribution >= 0.6 is 0 Å². The van der Waals surface area contributed by atoms with Crippen LogP contribution in [0.5, 0.6) is 0 Å². The lowest BCUT2D eigenvalue weighted by Gasteiger charge is -2.13. The molecule has 12 heavy (non-hydrogen) atoms. The van der Waals surface area contributed by atoms with Gasteiger partial charge in [-0.05, 0) is 38.0 Å². The van der Waals surface area contributed by atoms with Gasteiger partial charge in [0.25, 0.3) is 0 Å². The third-order valence-corrected chi connectivity index (χ3v) is 1.79. The molecule has 2 N–H and O–H groups in total. The van der Waals surface area contributed by atoms with Crippen LogP contribution in [0.25, 0.3) is 0 Å². The van der Waals surface area contributed by atoms with Gasteiger partial charge in [-0.15, -0.1) is 0 Å². The zero-order chi connectivity index (χ0) is 9.40. The fourth-order valence-electron chi connectivity index (χ4n) is 1.08. The highest BCUT2D eigenvalue weighted by atomic mass is 14.9. The summed E-state index contributed by atoms with van der Waals surface area (Å²) in [7, 11) is 0. The first-order chi connectivity index (χ1) is 5.66. The van der Waals surface area contributed by atoms with Gasteiger partial charge in [0.15, 0.2) is 0 Å². The minimum Gasteiger partial charge on any atom is -0.317 e. The molecule has 0 radical (unpaired) electrons. The van der Waals surface area contributed by atoms with Crippen molar-refractivity contribution in [2.75, 3.05) is 26.2 Å². The molecule has 0 amide bonds. The smallest absolute Gasteiger partial charge is 0.00109 e. The Kier molecular flexibility index (Phi) is 7.51. The Labute approximate surface area is 77.1 Å². The summed E-state index contributed by atoms with van der Waals surface area (Å²) in [6, 6.07) is 0. The Morgan fingerprint density at radius 1 is 0.917 bits per heavy atom. The summed E-state index contributed by atoms with van der Waals surface area (Å²) >= 11 is 0. The lowest BCUT2D eigenvalue weighted by molar-refractivity contribution is 0.454. The first-order valence-electron chi connectivity index (χ1n) is 5.08. The predicted octanol–water partition coefficient (Wildman–Crippen LogP) is 1.48. The normalized spacial score (nSPS) is 13.8. The molecular formula is C10H24N2. The third kappa shape index (κ3) is 8.02. The van der Waals surface area contributed by atoms with E-state index in [1.54, 1.807) is 0 Å². The first-order valence-corrected chi connectivity index (χ1v) is 5.08. The van der Waals surface area contributed by atoms with Crippen molar-refractivity contribution >= 4 is 0 Å². The monoisotopic (exact) mass is 172 g/mol. The minimum absolute atomic E-state index is 0.740. The molecule has 0 fully saturated rings. The standard InChI is InChI=1S/C10H24N2/c1-5-11-7-10(4)8-12-6-9(2)3/h9-12H,5-8H2,1-4H3. The van der Waals surface area contributed by atoms with Gasteiger partial charge in [-0.3, -0.25) is 0 Å². The molecule has 0 aromatic carbocycles. The van der Waals surface area contributed by atoms with Crippen molar-refractivity contribution in [1.82, 2.24) is 10.6 Å². The maximum Gasteiger partial charge on any atom is -0.00109 e. The average Bonchev–Trinajstić information content (AvgIpc) is 2.00. The van der Waals surface area contributed by atoms with E-state index in [0.717, 1.165) is 38.0 Å². The molecule has 0 aromatic rings. The van der Waals surface area contributed by atoms with Gasteiger partial charge < -0.3 is 10.6 Å². The van der Waals surface area contributed by atoms with Gasteiger partial charge in [-0.1, -0.05) is 27.7 Å². The van der Waals surface area contributed by atoms with E-state index in [9.17, 15) is 0 Å². The second-order valence-corrected chi connectivity index (χ2v) is 3.96. The van der Waals surface area contributed by atoms with Crippen LogP contribution in [0, 0.1) is 11.8 Å². The average molecular weight is 172 g/mol. The van der Waals surface area contributed by atoms with Gasteiger partial charge in [0.1, 0.15) is 0 Å². The summed E-state index contributed by atoms with van der Waals surface area (Å²) in [4.78, 5) is 0. The van der Waals surface area contributed by atoms with E-state index in [-0.39, 0.29) is 0 Å². The number of nitrogens with one attached hydrogen (secondary N) is 2. The Balaban J connectivity index is 3.13. The molecule has 0 aliphatic rings. The van der Waals surface area contributed by atoms with Gasteiger partial charge in [0.2, 0.25) is 0 Å². The molecule has 74 valence electrons. The lowest BCUT2D eigenvalue weighted by atomic mass is 10.1. The summed E-state index contributed by atoms with van der Waals surface area (Å²) in [5.74, 6) is 1.50. The molecule has 0 bridgehead atoms. The number of hydrogen-bond donors (Lipinski definition) is 2. The van der Waals surface area contributed by atoms with E-state index in [1.165, 1.54) is 0 Å². The summed E-state index contributed by atoms with van der Waals surface area (Å²) in [6.45, 7) is 13.4. The van der Waals surface area contributed by atoms with Crippen LogP contribution in [-0.2, 0) is 0 Å². The van der Waals surface area contributed by atoms with E-state index in [4.69, 9.17) is 0 Å². The molecule has 2 nitrogen and oxygen atoms in total. The zero-order valence-electron chi connectivity index (χ0n) is 8.98. The quantitative estimate of drug-likeness (QED) is 0.608. The fourth-order valence-corrected chi connectivity index (χ4v) is 1.08. The summed E-state index contributed by atoms with van der Waals surface area (Å²) in [5.41, 5.74) is 0. The molecule has 1 atom stereocenters. The molecule has 0 aliphatic heterocycles. The van der Waals surface area contributed by atoms with Gasteiger partial charge in [0, 0.05) is 0 Å². The summed E-state index contributed by atoms with van der Waals surface area (Å²) in [6.07, 6.45) is 0. The van der Waals surface area contributed by atoms with Gasteiger partial charge in [-0.25, -0.2) is 0 Å². The van der Waals surface area contributed by atoms with E-state index in [0.29, 0.717) is 0 Å². The largest absolute Gasteiger partial charge is 0.317 e. The molecule has 0 rings (SSSR count). The molecule has 0 saturated carbocycles. The highest BCUT2D eigenvalue weighted by Gasteiger charge is 2.00. The maximum absolute atomic E-state index is 3.45. The van der Waals surface area contributed by atoms with Crippen molar-refractivity contribution in [3.8, 4) is 0 Å². The van der Waals surface area contributed by atoms with Gasteiger partial charge in [0.05, 0.1) is 0 Å². The Hall–Kier alpha value is -0.0800. The molecule has 0 aromatic heterocycles. The zero-order valence-corrected chi connectivity index (χ0v) is 8.98. The molecule has 0 heterocycles. The molecule has 0 spiro atoms. The van der Waals surface area contributed by atoms with Crippen LogP contribution in [0.4, 0.5) is 0 Å². The first kappa shape index (κ1) is 11.9. The van der Waals surface area contributed by atoms with Gasteiger partial charge in [-0.2, -0.15) is 0 Å². The molecule has 2 heteroatoms. The van der Waals surface area contributed by atoms with Crippen molar-refractivity contribution in [2.45, 2.75) is 27.7 Å². The van der Waals surface area contributed by atoms with Crippen molar-refractivity contribution in [3.63, 3.8) is 0 Å². The summed E-state index contributed by atoms with van der Waals surface area (Å²) < 4.78 is 0. The van der Waals surface area contributed by atoms with Crippen molar-refractivity contribution in [2.24, 2.45) is 11.8 Å². The molecular weight excluding hydrogens is 148 g/mol. The fraction of sp³-hybridized carbons (Fsp3) is 1.00. The Bertz CT molecular complexity index is 91.8. The topological polar surface area (TPSA) is 24.1 Å². The Morgan fingerprint density at radius 2 is 1.50 bits per heavy atom. The predicted molar refractivity (Wildman–Crippen MR) is 55.4 cm³/mol. The SMILES string of the molecule is CCNCC(C)CNCC(C)C. The lowest BCUT2D eigenvalue weighted by Crippen LogP contribution is -2.31. The van der Waals surface area contributed by atoms with Crippen molar-refractivity contribution < 1.29 is 0 Å². The number of rotatable bonds is 7. The summed E-state index contributed by atoms with van der Waals surface area (Å²) in [5, 5.41) is 6.80. The second kappa shape index (κ2) is 7.56. The second-order valence-electron chi connectivity index (χ2n) is 3.96. The van der Waals surface area contributed by atoms with Crippen molar-refractivity contribution in [3.05, 3.63) is 0 Å². The van der Waals surface area contributed by atoms with Crippen LogP contribution in [-0.4, -0.2) is 26.2 Å². The van der Waals surface area contributed by atoms with Crippen LogP contribution in [0.15, 0.2) is 0 Å². The third-order valence-electron chi connectivity index (χ3n) is 1.79. The molecule has 0 aliphatic carbocycles. The molecule has 0 saturated heterocycles. The highest BCUT2D eigenvalue weighted by molar-refractivity contribution is 4.60. The van der Waals surface area contributed by atoms with E-state index >= 15 is 0 Å². The van der Waals surface area contributed by atoms with Crippen LogP contribution in [0.1, 0.15) is 27.7 Å². The van der Waals surface area contributed by atoms with E-state index < -0.39 is 0 Å². The van der Waals surface area contributed by atoms with E-state index in [1.807, 2.05) is 0 Å². The number of hydrogen-bond acceptors (Lipinski definition) is 2. The van der Waals surface area contributed by atoms with E-state index in [2.05, 4.69) is 38.3 Å². The van der Waals surface area contributed by atoms with Gasteiger partial charge >= 0.3 is 0 Å². The van der Waals surface area contributed by atoms with Crippen molar-refractivity contribution in [1.29, 1.82) is 0 Å². The maximum atomic E-state index is 3.45. The Morgan fingerprint density at radius 3 is 2.00 bits per heavy atom. The minimum atomic E-state index is 0.740. The molecule has 1 unspecified atom stereocenters. The van der Waals surface area contributed by atoms with Crippen LogP contribution < -0.4 is 10.6 Å². The highest BCUT2D eigenvalue weighted by Crippen LogP contribution is 1.91.